The predicted octanol–water partition coefficient (Wildman–Crippen LogP) is 3.25. The van der Waals surface area contributed by atoms with E-state index in [1.165, 1.54) is 18.2 Å². The van der Waals surface area contributed by atoms with Crippen molar-refractivity contribution in [3.05, 3.63) is 40.9 Å². The molecule has 1 heterocycles. The van der Waals surface area contributed by atoms with E-state index in [-0.39, 0.29) is 4.90 Å². The van der Waals surface area contributed by atoms with Crippen LogP contribution in [0.3, 0.4) is 0 Å². The van der Waals surface area contributed by atoms with Crippen LogP contribution in [-0.2, 0) is 10.1 Å². The lowest BCUT2D eigenvalue weighted by Crippen LogP contribution is -1.97. The Bertz CT molecular complexity index is 864. The van der Waals surface area contributed by atoms with Gasteiger partial charge in [0.05, 0.1) is 4.90 Å². The third-order valence-corrected chi connectivity index (χ3v) is 4.02. The minimum atomic E-state index is -4.45. The summed E-state index contributed by atoms with van der Waals surface area (Å²) in [7, 11) is -4.45. The Labute approximate surface area is 111 Å². The molecule has 3 rings (SSSR count). The minimum Gasteiger partial charge on any atom is -0.744 e. The summed E-state index contributed by atoms with van der Waals surface area (Å²) >= 11 is 3.34. The monoisotopic (exact) mass is 325 g/mol. The second-order valence-electron chi connectivity index (χ2n) is 3.85. The molecule has 0 saturated carbocycles. The number of hydrogen-bond donors (Lipinski definition) is 0. The summed E-state index contributed by atoms with van der Waals surface area (Å²) in [5.74, 6) is 0. The molecule has 92 valence electrons. The van der Waals surface area contributed by atoms with Gasteiger partial charge >= 0.3 is 0 Å². The third kappa shape index (κ3) is 1.82. The summed E-state index contributed by atoms with van der Waals surface area (Å²) in [4.78, 5) is -0.252. The number of rotatable bonds is 1. The molecule has 0 fully saturated rings. The van der Waals surface area contributed by atoms with Crippen molar-refractivity contribution >= 4 is 48.0 Å². The van der Waals surface area contributed by atoms with Gasteiger partial charge in [0.2, 0.25) is 0 Å². The fraction of sp³-hybridized carbons (Fsp3) is 0. The lowest BCUT2D eigenvalue weighted by Gasteiger charge is -2.05. The Morgan fingerprint density at radius 3 is 2.28 bits per heavy atom. The molecule has 1 aromatic heterocycles. The van der Waals surface area contributed by atoms with Crippen LogP contribution in [0, 0.1) is 0 Å². The molecule has 0 saturated heterocycles. The SMILES string of the molecule is O=S(=O)([O-])c1ccc2oc3ccc(Br)cc3c2c1. The highest BCUT2D eigenvalue weighted by Crippen LogP contribution is 2.32. The molecule has 0 aliphatic rings. The van der Waals surface area contributed by atoms with Crippen molar-refractivity contribution in [1.82, 2.24) is 0 Å². The first-order valence-corrected chi connectivity index (χ1v) is 7.23. The van der Waals surface area contributed by atoms with Gasteiger partial charge in [0.15, 0.2) is 0 Å². The van der Waals surface area contributed by atoms with Crippen LogP contribution in [0.25, 0.3) is 21.9 Å². The molecule has 0 bridgehead atoms. The second kappa shape index (κ2) is 3.81. The van der Waals surface area contributed by atoms with E-state index in [0.717, 1.165) is 9.86 Å². The van der Waals surface area contributed by atoms with E-state index in [1.807, 2.05) is 12.1 Å². The van der Waals surface area contributed by atoms with Gasteiger partial charge in [-0.2, -0.15) is 0 Å². The topological polar surface area (TPSA) is 70.3 Å². The van der Waals surface area contributed by atoms with Gasteiger partial charge in [0.25, 0.3) is 0 Å². The van der Waals surface area contributed by atoms with Crippen LogP contribution >= 0.6 is 15.9 Å². The molecule has 0 spiro atoms. The smallest absolute Gasteiger partial charge is 0.135 e. The van der Waals surface area contributed by atoms with Gasteiger partial charge in [0, 0.05) is 15.2 Å². The van der Waals surface area contributed by atoms with Gasteiger partial charge in [-0.15, -0.1) is 0 Å². The summed E-state index contributed by atoms with van der Waals surface area (Å²) in [5, 5.41) is 1.38. The summed E-state index contributed by atoms with van der Waals surface area (Å²) < 4.78 is 39.4. The number of halogens is 1. The standard InChI is InChI=1S/C12H7BrO4S/c13-7-1-3-11-9(5-7)10-6-8(18(14,15)16)2-4-12(10)17-11/h1-6H,(H,14,15,16)/p-1. The van der Waals surface area contributed by atoms with Crippen LogP contribution in [0.5, 0.6) is 0 Å². The van der Waals surface area contributed by atoms with Crippen molar-refractivity contribution < 1.29 is 17.4 Å². The Hall–Kier alpha value is -1.37. The molecular weight excluding hydrogens is 320 g/mol. The van der Waals surface area contributed by atoms with Crippen LogP contribution in [0.2, 0.25) is 0 Å². The van der Waals surface area contributed by atoms with Gasteiger partial charge in [-0.3, -0.25) is 0 Å². The molecular formula is C12H6BrO4S-. The molecule has 4 nitrogen and oxygen atoms in total. The fourth-order valence-corrected chi connectivity index (χ4v) is 2.74. The van der Waals surface area contributed by atoms with Crippen LogP contribution < -0.4 is 0 Å². The maximum Gasteiger partial charge on any atom is 0.135 e. The lowest BCUT2D eigenvalue weighted by molar-refractivity contribution is 0.463. The van der Waals surface area contributed by atoms with E-state index < -0.39 is 10.1 Å². The first-order chi connectivity index (χ1) is 8.45. The van der Waals surface area contributed by atoms with Crippen molar-refractivity contribution in [3.8, 4) is 0 Å². The summed E-state index contributed by atoms with van der Waals surface area (Å²) in [5.41, 5.74) is 1.20. The molecule has 0 N–H and O–H groups in total. The van der Waals surface area contributed by atoms with Gasteiger partial charge in [-0.1, -0.05) is 15.9 Å². The molecule has 3 aromatic rings. The Morgan fingerprint density at radius 2 is 1.61 bits per heavy atom. The van der Waals surface area contributed by atoms with Crippen molar-refractivity contribution in [2.75, 3.05) is 0 Å². The average Bonchev–Trinajstić information content (AvgIpc) is 2.65. The van der Waals surface area contributed by atoms with Crippen LogP contribution in [-0.4, -0.2) is 13.0 Å². The normalized spacial score (nSPS) is 12.3. The molecule has 0 atom stereocenters. The highest BCUT2D eigenvalue weighted by molar-refractivity contribution is 9.10. The molecule has 0 aliphatic carbocycles. The molecule has 0 unspecified atom stereocenters. The average molecular weight is 326 g/mol. The molecule has 2 aromatic carbocycles. The lowest BCUT2D eigenvalue weighted by atomic mass is 10.1. The highest BCUT2D eigenvalue weighted by atomic mass is 79.9. The molecule has 0 amide bonds. The van der Waals surface area contributed by atoms with E-state index in [0.29, 0.717) is 16.6 Å². The van der Waals surface area contributed by atoms with Crippen LogP contribution in [0.15, 0.2) is 50.2 Å². The maximum atomic E-state index is 11.0. The fourth-order valence-electron chi connectivity index (χ4n) is 1.88. The largest absolute Gasteiger partial charge is 0.744 e. The van der Waals surface area contributed by atoms with E-state index in [9.17, 15) is 13.0 Å². The Kier molecular flexibility index (Phi) is 2.48. The first-order valence-electron chi connectivity index (χ1n) is 5.03. The maximum absolute atomic E-state index is 11.0. The van der Waals surface area contributed by atoms with Crippen LogP contribution in [0.4, 0.5) is 0 Å². The summed E-state index contributed by atoms with van der Waals surface area (Å²) in [6.45, 7) is 0. The van der Waals surface area contributed by atoms with E-state index in [4.69, 9.17) is 4.42 Å². The first kappa shape index (κ1) is 11.7. The number of furan rings is 1. The van der Waals surface area contributed by atoms with Crippen molar-refractivity contribution in [2.24, 2.45) is 0 Å². The van der Waals surface area contributed by atoms with Crippen molar-refractivity contribution in [1.29, 1.82) is 0 Å². The minimum absolute atomic E-state index is 0.252. The summed E-state index contributed by atoms with van der Waals surface area (Å²) in [6, 6.07) is 9.52. The molecule has 6 heteroatoms. The summed E-state index contributed by atoms with van der Waals surface area (Å²) in [6.07, 6.45) is 0. The molecule has 0 aliphatic heterocycles. The molecule has 18 heavy (non-hydrogen) atoms. The molecule has 0 radical (unpaired) electrons. The second-order valence-corrected chi connectivity index (χ2v) is 6.15. The third-order valence-electron chi connectivity index (χ3n) is 2.69. The quantitative estimate of drug-likeness (QED) is 0.644. The van der Waals surface area contributed by atoms with Gasteiger partial charge in [-0.05, 0) is 36.4 Å². The zero-order chi connectivity index (χ0) is 12.9. The Morgan fingerprint density at radius 1 is 1.00 bits per heavy atom. The predicted molar refractivity (Wildman–Crippen MR) is 69.4 cm³/mol. The van der Waals surface area contributed by atoms with Gasteiger partial charge < -0.3 is 8.97 Å². The zero-order valence-corrected chi connectivity index (χ0v) is 11.3. The number of benzene rings is 2. The number of fused-ring (bicyclic) bond motifs is 3. The van der Waals surface area contributed by atoms with Crippen molar-refractivity contribution in [2.45, 2.75) is 4.90 Å². The van der Waals surface area contributed by atoms with Gasteiger partial charge in [-0.25, -0.2) is 8.42 Å². The van der Waals surface area contributed by atoms with Crippen LogP contribution in [0.1, 0.15) is 0 Å². The zero-order valence-electron chi connectivity index (χ0n) is 8.88. The highest BCUT2D eigenvalue weighted by Gasteiger charge is 2.10. The van der Waals surface area contributed by atoms with Gasteiger partial charge in [0.1, 0.15) is 21.3 Å². The Balaban J connectivity index is 2.45. The van der Waals surface area contributed by atoms with E-state index in [1.54, 1.807) is 6.07 Å². The van der Waals surface area contributed by atoms with Crippen molar-refractivity contribution in [3.63, 3.8) is 0 Å². The number of hydrogen-bond acceptors (Lipinski definition) is 4. The van der Waals surface area contributed by atoms with E-state index >= 15 is 0 Å². The van der Waals surface area contributed by atoms with E-state index in [2.05, 4.69) is 15.9 Å².